The molecule has 0 aliphatic carbocycles. The summed E-state index contributed by atoms with van der Waals surface area (Å²) >= 11 is 1.93. The van der Waals surface area contributed by atoms with Crippen molar-refractivity contribution in [2.75, 3.05) is 18.8 Å². The van der Waals surface area contributed by atoms with Gasteiger partial charge in [0.25, 0.3) is 0 Å². The lowest BCUT2D eigenvalue weighted by molar-refractivity contribution is -0.514. The molecule has 0 aromatic heterocycles. The SMILES string of the molecule is CCCC[N+]1=CSCC1. The smallest absolute Gasteiger partial charge is 0.198 e. The molecular weight excluding hydrogens is 130 g/mol. The van der Waals surface area contributed by atoms with Crippen LogP contribution >= 0.6 is 11.8 Å². The first kappa shape index (κ1) is 7.13. The molecule has 0 aromatic carbocycles. The lowest BCUT2D eigenvalue weighted by Crippen LogP contribution is -2.10. The third kappa shape index (κ3) is 2.39. The molecule has 0 spiro atoms. The van der Waals surface area contributed by atoms with Crippen molar-refractivity contribution in [2.45, 2.75) is 19.8 Å². The lowest BCUT2D eigenvalue weighted by atomic mass is 10.3. The Morgan fingerprint density at radius 3 is 3.11 bits per heavy atom. The molecular formula is C7H14NS+. The van der Waals surface area contributed by atoms with E-state index < -0.39 is 0 Å². The van der Waals surface area contributed by atoms with E-state index in [1.807, 2.05) is 11.8 Å². The van der Waals surface area contributed by atoms with Gasteiger partial charge in [0.15, 0.2) is 12.1 Å². The minimum atomic E-state index is 1.27. The topological polar surface area (TPSA) is 3.01 Å². The summed E-state index contributed by atoms with van der Waals surface area (Å²) in [7, 11) is 0. The van der Waals surface area contributed by atoms with Gasteiger partial charge < -0.3 is 0 Å². The molecule has 0 atom stereocenters. The molecule has 0 radical (unpaired) electrons. The van der Waals surface area contributed by atoms with Gasteiger partial charge in [-0.2, -0.15) is 0 Å². The molecule has 1 aliphatic rings. The number of unbranched alkanes of at least 4 members (excludes halogenated alkanes) is 1. The summed E-state index contributed by atoms with van der Waals surface area (Å²) < 4.78 is 2.41. The summed E-state index contributed by atoms with van der Waals surface area (Å²) in [6.07, 6.45) is 2.66. The van der Waals surface area contributed by atoms with Crippen LogP contribution in [0.5, 0.6) is 0 Å². The zero-order chi connectivity index (χ0) is 6.53. The number of nitrogens with zero attached hydrogens (tertiary/aromatic N) is 1. The Kier molecular flexibility index (Phi) is 3.12. The molecule has 0 saturated carbocycles. The van der Waals surface area contributed by atoms with Crippen molar-refractivity contribution in [3.05, 3.63) is 0 Å². The largest absolute Gasteiger partial charge is 0.230 e. The normalized spacial score (nSPS) is 18.1. The monoisotopic (exact) mass is 144 g/mol. The quantitative estimate of drug-likeness (QED) is 0.543. The van der Waals surface area contributed by atoms with Gasteiger partial charge in [0.2, 0.25) is 0 Å². The maximum atomic E-state index is 2.41. The van der Waals surface area contributed by atoms with E-state index in [1.165, 1.54) is 31.7 Å². The molecule has 0 fully saturated rings. The van der Waals surface area contributed by atoms with Crippen LogP contribution in [-0.2, 0) is 0 Å². The Bertz CT molecular complexity index is 109. The van der Waals surface area contributed by atoms with Gasteiger partial charge in [0, 0.05) is 6.42 Å². The number of thioether (sulfide) groups is 1. The molecule has 0 unspecified atom stereocenters. The predicted octanol–water partition coefficient (Wildman–Crippen LogP) is 1.57. The highest BCUT2D eigenvalue weighted by molar-refractivity contribution is 8.12. The Morgan fingerprint density at radius 2 is 2.56 bits per heavy atom. The average Bonchev–Trinajstić information content (AvgIpc) is 2.34. The minimum absolute atomic E-state index is 1.27. The van der Waals surface area contributed by atoms with Gasteiger partial charge in [-0.25, -0.2) is 4.58 Å². The molecule has 9 heavy (non-hydrogen) atoms. The molecule has 0 aromatic rings. The van der Waals surface area contributed by atoms with E-state index in [1.54, 1.807) is 0 Å². The molecule has 2 heteroatoms. The Labute approximate surface area is 61.2 Å². The molecule has 0 amide bonds. The summed E-state index contributed by atoms with van der Waals surface area (Å²) in [4.78, 5) is 0. The van der Waals surface area contributed by atoms with Gasteiger partial charge in [-0.1, -0.05) is 25.1 Å². The summed E-state index contributed by atoms with van der Waals surface area (Å²) in [5, 5.41) is 0. The standard InChI is InChI=1S/C7H14NS/c1-2-3-4-8-5-6-9-7-8/h7H,2-6H2,1H3/q+1. The maximum absolute atomic E-state index is 2.41. The van der Waals surface area contributed by atoms with Crippen LogP contribution in [0.3, 0.4) is 0 Å². The first-order valence-corrected chi connectivity index (χ1v) is 4.67. The van der Waals surface area contributed by atoms with Gasteiger partial charge in [-0.15, -0.1) is 0 Å². The van der Waals surface area contributed by atoms with Crippen LogP contribution in [0.4, 0.5) is 0 Å². The number of hydrogen-bond acceptors (Lipinski definition) is 1. The van der Waals surface area contributed by atoms with Crippen LogP contribution in [0, 0.1) is 0 Å². The maximum Gasteiger partial charge on any atom is 0.198 e. The summed E-state index contributed by atoms with van der Waals surface area (Å²) in [5.41, 5.74) is 2.26. The fourth-order valence-corrected chi connectivity index (χ4v) is 1.77. The first-order chi connectivity index (χ1) is 4.43. The molecule has 1 heterocycles. The molecule has 1 rings (SSSR count). The van der Waals surface area contributed by atoms with Crippen molar-refractivity contribution < 1.29 is 4.58 Å². The van der Waals surface area contributed by atoms with Crippen molar-refractivity contribution in [1.82, 2.24) is 0 Å². The first-order valence-electron chi connectivity index (χ1n) is 3.62. The third-order valence-corrected chi connectivity index (χ3v) is 2.38. The van der Waals surface area contributed by atoms with E-state index in [0.717, 1.165) is 0 Å². The third-order valence-electron chi connectivity index (χ3n) is 1.52. The van der Waals surface area contributed by atoms with E-state index in [-0.39, 0.29) is 0 Å². The van der Waals surface area contributed by atoms with Crippen molar-refractivity contribution in [3.63, 3.8) is 0 Å². The molecule has 0 saturated heterocycles. The van der Waals surface area contributed by atoms with E-state index in [0.29, 0.717) is 0 Å². The van der Waals surface area contributed by atoms with Crippen molar-refractivity contribution in [1.29, 1.82) is 0 Å². The van der Waals surface area contributed by atoms with Gasteiger partial charge in [0.05, 0.1) is 5.75 Å². The Hall–Kier alpha value is 0.0200. The van der Waals surface area contributed by atoms with Gasteiger partial charge in [-0.3, -0.25) is 0 Å². The van der Waals surface area contributed by atoms with Crippen LogP contribution in [0.1, 0.15) is 19.8 Å². The van der Waals surface area contributed by atoms with Crippen molar-refractivity contribution in [3.8, 4) is 0 Å². The van der Waals surface area contributed by atoms with Crippen LogP contribution in [0.25, 0.3) is 0 Å². The molecule has 0 bridgehead atoms. The highest BCUT2D eigenvalue weighted by Crippen LogP contribution is 2.03. The van der Waals surface area contributed by atoms with Crippen LogP contribution in [-0.4, -0.2) is 29.0 Å². The summed E-state index contributed by atoms with van der Waals surface area (Å²) in [6.45, 7) is 4.78. The van der Waals surface area contributed by atoms with Gasteiger partial charge >= 0.3 is 0 Å². The predicted molar refractivity (Wildman–Crippen MR) is 43.4 cm³/mol. The Morgan fingerprint density at radius 1 is 1.67 bits per heavy atom. The second-order valence-corrected chi connectivity index (χ2v) is 3.32. The zero-order valence-corrected chi connectivity index (χ0v) is 6.78. The Balaban J connectivity index is 2.11. The fraction of sp³-hybridized carbons (Fsp3) is 0.857. The van der Waals surface area contributed by atoms with Gasteiger partial charge in [-0.05, 0) is 0 Å². The number of rotatable bonds is 3. The van der Waals surface area contributed by atoms with E-state index >= 15 is 0 Å². The fourth-order valence-electron chi connectivity index (χ4n) is 0.906. The van der Waals surface area contributed by atoms with Crippen LogP contribution in [0.2, 0.25) is 0 Å². The highest BCUT2D eigenvalue weighted by Gasteiger charge is 2.09. The van der Waals surface area contributed by atoms with E-state index in [4.69, 9.17) is 0 Å². The van der Waals surface area contributed by atoms with Crippen LogP contribution in [0.15, 0.2) is 0 Å². The van der Waals surface area contributed by atoms with E-state index in [9.17, 15) is 0 Å². The molecule has 1 nitrogen and oxygen atoms in total. The molecule has 52 valence electrons. The van der Waals surface area contributed by atoms with Crippen molar-refractivity contribution in [2.24, 2.45) is 0 Å². The minimum Gasteiger partial charge on any atom is -0.230 e. The molecule has 0 N–H and O–H groups in total. The van der Waals surface area contributed by atoms with Gasteiger partial charge in [0.1, 0.15) is 6.54 Å². The summed E-state index contributed by atoms with van der Waals surface area (Å²) in [6, 6.07) is 0. The average molecular weight is 144 g/mol. The second-order valence-electron chi connectivity index (χ2n) is 2.37. The van der Waals surface area contributed by atoms with Crippen LogP contribution < -0.4 is 0 Å². The molecule has 1 aliphatic heterocycles. The highest BCUT2D eigenvalue weighted by atomic mass is 32.2. The number of hydrogen-bond donors (Lipinski definition) is 0. The van der Waals surface area contributed by atoms with E-state index in [2.05, 4.69) is 17.0 Å². The summed E-state index contributed by atoms with van der Waals surface area (Å²) in [5.74, 6) is 1.30. The second kappa shape index (κ2) is 3.94. The van der Waals surface area contributed by atoms with Crippen molar-refractivity contribution >= 4 is 17.3 Å². The zero-order valence-electron chi connectivity index (χ0n) is 5.97. The lowest BCUT2D eigenvalue weighted by Gasteiger charge is -1.92.